The average Bonchev–Trinajstić information content (AvgIpc) is 2.19. The van der Waals surface area contributed by atoms with Crippen molar-refractivity contribution in [2.75, 3.05) is 0 Å². The van der Waals surface area contributed by atoms with Crippen molar-refractivity contribution in [3.8, 4) is 0 Å². The summed E-state index contributed by atoms with van der Waals surface area (Å²) in [4.78, 5) is 0. The molecule has 0 aliphatic carbocycles. The third-order valence-electron chi connectivity index (χ3n) is 2.24. The number of hydrogen-bond donors (Lipinski definition) is 0. The fraction of sp³-hybridized carbons (Fsp3) is 0.400. The Morgan fingerprint density at radius 1 is 1.45 bits per heavy atom. The monoisotopic (exact) mass is 149 g/mol. The number of rotatable bonds is 2. The van der Waals surface area contributed by atoms with Crippen molar-refractivity contribution < 1.29 is 0 Å². The van der Waals surface area contributed by atoms with Crippen LogP contribution >= 0.6 is 0 Å². The highest BCUT2D eigenvalue weighted by atomic mass is 15.0. The second kappa shape index (κ2) is 2.95. The zero-order valence-electron chi connectivity index (χ0n) is 7.52. The van der Waals surface area contributed by atoms with Crippen molar-refractivity contribution in [2.45, 2.75) is 27.3 Å². The van der Waals surface area contributed by atoms with Gasteiger partial charge in [-0.25, -0.2) is 0 Å². The third kappa shape index (κ3) is 1.37. The van der Waals surface area contributed by atoms with E-state index in [1.807, 2.05) is 6.08 Å². The molecule has 0 aromatic carbocycles. The smallest absolute Gasteiger partial charge is 0.0400 e. The summed E-state index contributed by atoms with van der Waals surface area (Å²) in [6, 6.07) is 0. The van der Waals surface area contributed by atoms with E-state index in [1.54, 1.807) is 0 Å². The number of aromatic nitrogens is 1. The zero-order chi connectivity index (χ0) is 8.43. The number of aryl methyl sites for hydroxylation is 1. The lowest BCUT2D eigenvalue weighted by atomic mass is 10.2. The molecule has 1 heterocycles. The van der Waals surface area contributed by atoms with Gasteiger partial charge in [-0.1, -0.05) is 6.08 Å². The zero-order valence-corrected chi connectivity index (χ0v) is 7.52. The van der Waals surface area contributed by atoms with Gasteiger partial charge in [0.25, 0.3) is 0 Å². The van der Waals surface area contributed by atoms with E-state index >= 15 is 0 Å². The van der Waals surface area contributed by atoms with Gasteiger partial charge in [0, 0.05) is 18.4 Å². The molecule has 0 N–H and O–H groups in total. The van der Waals surface area contributed by atoms with Crippen LogP contribution in [0, 0.1) is 20.8 Å². The Hall–Kier alpha value is -0.980. The molecule has 1 nitrogen and oxygen atoms in total. The van der Waals surface area contributed by atoms with Gasteiger partial charge in [-0.15, -0.1) is 6.58 Å². The molecular formula is C10H15N. The maximum atomic E-state index is 3.72. The van der Waals surface area contributed by atoms with Crippen molar-refractivity contribution in [2.24, 2.45) is 0 Å². The highest BCUT2D eigenvalue weighted by Crippen LogP contribution is 2.13. The Bertz CT molecular complexity index is 269. The van der Waals surface area contributed by atoms with E-state index in [4.69, 9.17) is 0 Å². The number of allylic oxidation sites excluding steroid dienone is 1. The SMILES string of the molecule is C=CCn1cc(C)c(C)c1C. The largest absolute Gasteiger partial charge is 0.347 e. The van der Waals surface area contributed by atoms with Crippen LogP contribution in [0.3, 0.4) is 0 Å². The molecule has 1 rings (SSSR count). The Kier molecular flexibility index (Phi) is 2.18. The second-order valence-electron chi connectivity index (χ2n) is 2.96. The minimum Gasteiger partial charge on any atom is -0.347 e. The van der Waals surface area contributed by atoms with Crippen LogP contribution in [-0.2, 0) is 6.54 Å². The van der Waals surface area contributed by atoms with Crippen LogP contribution in [0.1, 0.15) is 16.8 Å². The first kappa shape index (κ1) is 8.12. The van der Waals surface area contributed by atoms with Crippen LogP contribution in [0.25, 0.3) is 0 Å². The van der Waals surface area contributed by atoms with Crippen LogP contribution in [0.2, 0.25) is 0 Å². The lowest BCUT2D eigenvalue weighted by Gasteiger charge is -2.00. The van der Waals surface area contributed by atoms with Gasteiger partial charge in [-0.05, 0) is 31.9 Å². The van der Waals surface area contributed by atoms with Crippen LogP contribution in [0.4, 0.5) is 0 Å². The molecule has 0 spiro atoms. The molecule has 60 valence electrons. The predicted octanol–water partition coefficient (Wildman–Crippen LogP) is 2.60. The normalized spacial score (nSPS) is 10.1. The molecule has 0 fully saturated rings. The Balaban J connectivity index is 3.07. The first-order valence-electron chi connectivity index (χ1n) is 3.90. The van der Waals surface area contributed by atoms with Gasteiger partial charge in [0.2, 0.25) is 0 Å². The summed E-state index contributed by atoms with van der Waals surface area (Å²) in [7, 11) is 0. The molecule has 0 atom stereocenters. The van der Waals surface area contributed by atoms with Crippen molar-refractivity contribution in [1.82, 2.24) is 4.57 Å². The average molecular weight is 149 g/mol. The van der Waals surface area contributed by atoms with Crippen LogP contribution in [0.15, 0.2) is 18.9 Å². The molecular weight excluding hydrogens is 134 g/mol. The van der Waals surface area contributed by atoms with Gasteiger partial charge < -0.3 is 4.57 Å². The minimum atomic E-state index is 0.917. The maximum Gasteiger partial charge on any atom is 0.0400 e. The fourth-order valence-electron chi connectivity index (χ4n) is 1.26. The first-order chi connectivity index (χ1) is 5.16. The number of nitrogens with zero attached hydrogens (tertiary/aromatic N) is 1. The summed E-state index contributed by atoms with van der Waals surface area (Å²) in [6.07, 6.45) is 4.10. The van der Waals surface area contributed by atoms with Gasteiger partial charge in [-0.3, -0.25) is 0 Å². The molecule has 0 saturated carbocycles. The van der Waals surface area contributed by atoms with Crippen molar-refractivity contribution >= 4 is 0 Å². The summed E-state index contributed by atoms with van der Waals surface area (Å²) in [5.74, 6) is 0. The Morgan fingerprint density at radius 2 is 2.09 bits per heavy atom. The van der Waals surface area contributed by atoms with Gasteiger partial charge in [-0.2, -0.15) is 0 Å². The third-order valence-corrected chi connectivity index (χ3v) is 2.24. The molecule has 11 heavy (non-hydrogen) atoms. The van der Waals surface area contributed by atoms with E-state index in [9.17, 15) is 0 Å². The molecule has 0 amide bonds. The van der Waals surface area contributed by atoms with Gasteiger partial charge in [0.1, 0.15) is 0 Å². The van der Waals surface area contributed by atoms with E-state index in [1.165, 1.54) is 16.8 Å². The van der Waals surface area contributed by atoms with Crippen molar-refractivity contribution in [1.29, 1.82) is 0 Å². The highest BCUT2D eigenvalue weighted by Gasteiger charge is 2.02. The predicted molar refractivity (Wildman–Crippen MR) is 48.8 cm³/mol. The molecule has 0 radical (unpaired) electrons. The van der Waals surface area contributed by atoms with Gasteiger partial charge in [0.05, 0.1) is 0 Å². The topological polar surface area (TPSA) is 4.93 Å². The molecule has 0 aliphatic rings. The lowest BCUT2D eigenvalue weighted by Crippen LogP contribution is -1.95. The lowest BCUT2D eigenvalue weighted by molar-refractivity contribution is 0.794. The molecule has 0 saturated heterocycles. The quantitative estimate of drug-likeness (QED) is 0.570. The Labute approximate surface area is 68.4 Å². The van der Waals surface area contributed by atoms with Gasteiger partial charge in [0.15, 0.2) is 0 Å². The summed E-state index contributed by atoms with van der Waals surface area (Å²) < 4.78 is 2.22. The molecule has 1 aromatic rings. The molecule has 0 aliphatic heterocycles. The van der Waals surface area contributed by atoms with Gasteiger partial charge >= 0.3 is 0 Å². The molecule has 1 heteroatoms. The minimum absolute atomic E-state index is 0.917. The van der Waals surface area contributed by atoms with E-state index in [2.05, 4.69) is 38.1 Å². The second-order valence-corrected chi connectivity index (χ2v) is 2.96. The van der Waals surface area contributed by atoms with E-state index in [-0.39, 0.29) is 0 Å². The fourth-order valence-corrected chi connectivity index (χ4v) is 1.26. The van der Waals surface area contributed by atoms with E-state index < -0.39 is 0 Å². The van der Waals surface area contributed by atoms with Crippen LogP contribution in [-0.4, -0.2) is 4.57 Å². The number of hydrogen-bond acceptors (Lipinski definition) is 0. The molecule has 0 bridgehead atoms. The van der Waals surface area contributed by atoms with Crippen LogP contribution in [0.5, 0.6) is 0 Å². The summed E-state index contributed by atoms with van der Waals surface area (Å²) in [6.45, 7) is 11.1. The molecule has 1 aromatic heterocycles. The summed E-state index contributed by atoms with van der Waals surface area (Å²) in [5.41, 5.74) is 4.11. The summed E-state index contributed by atoms with van der Waals surface area (Å²) in [5, 5.41) is 0. The highest BCUT2D eigenvalue weighted by molar-refractivity contribution is 5.28. The summed E-state index contributed by atoms with van der Waals surface area (Å²) >= 11 is 0. The van der Waals surface area contributed by atoms with E-state index in [0.29, 0.717) is 0 Å². The van der Waals surface area contributed by atoms with Crippen molar-refractivity contribution in [3.63, 3.8) is 0 Å². The molecule has 0 unspecified atom stereocenters. The standard InChI is InChI=1S/C10H15N/c1-5-6-11-7-8(2)9(3)10(11)4/h5,7H,1,6H2,2-4H3. The maximum absolute atomic E-state index is 3.72. The van der Waals surface area contributed by atoms with E-state index in [0.717, 1.165) is 6.54 Å². The Morgan fingerprint density at radius 3 is 2.45 bits per heavy atom. The van der Waals surface area contributed by atoms with Crippen molar-refractivity contribution in [3.05, 3.63) is 35.7 Å². The van der Waals surface area contributed by atoms with Crippen LogP contribution < -0.4 is 0 Å². The first-order valence-corrected chi connectivity index (χ1v) is 3.90.